The van der Waals surface area contributed by atoms with Crippen LogP contribution in [-0.2, 0) is 4.79 Å². The molecule has 4 heterocycles. The lowest BCUT2D eigenvalue weighted by Gasteiger charge is -2.31. The molecule has 0 saturated carbocycles. The molecule has 0 spiro atoms. The lowest BCUT2D eigenvalue weighted by molar-refractivity contribution is -0.120. The summed E-state index contributed by atoms with van der Waals surface area (Å²) in [6, 6.07) is 11.7. The third kappa shape index (κ3) is 4.35. The Kier molecular flexibility index (Phi) is 5.59. The number of benzene rings is 1. The molecule has 1 aliphatic heterocycles. The van der Waals surface area contributed by atoms with Crippen LogP contribution in [0.15, 0.2) is 54.4 Å². The molecule has 1 fully saturated rings. The van der Waals surface area contributed by atoms with E-state index in [2.05, 4.69) is 35.5 Å². The van der Waals surface area contributed by atoms with E-state index in [0.29, 0.717) is 5.82 Å². The second kappa shape index (κ2) is 8.83. The predicted molar refractivity (Wildman–Crippen MR) is 123 cm³/mol. The van der Waals surface area contributed by atoms with Crippen LogP contribution in [0, 0.1) is 12.8 Å². The molecule has 1 amide bonds. The Labute approximate surface area is 189 Å². The molecule has 3 aromatic heterocycles. The summed E-state index contributed by atoms with van der Waals surface area (Å²) in [5.41, 5.74) is 2.75. The number of amides is 1. The zero-order valence-corrected chi connectivity index (χ0v) is 18.4. The van der Waals surface area contributed by atoms with Crippen LogP contribution in [0.4, 0.5) is 11.5 Å². The van der Waals surface area contributed by atoms with Gasteiger partial charge in [-0.2, -0.15) is 5.10 Å². The van der Waals surface area contributed by atoms with Gasteiger partial charge in [0.05, 0.1) is 10.7 Å². The van der Waals surface area contributed by atoms with E-state index in [1.807, 2.05) is 48.7 Å². The second-order valence-corrected chi connectivity index (χ2v) is 8.74. The van der Waals surface area contributed by atoms with Crippen molar-refractivity contribution in [2.75, 3.05) is 23.3 Å². The van der Waals surface area contributed by atoms with E-state index >= 15 is 0 Å². The van der Waals surface area contributed by atoms with Crippen molar-refractivity contribution in [3.05, 3.63) is 59.4 Å². The van der Waals surface area contributed by atoms with Crippen molar-refractivity contribution in [2.24, 2.45) is 5.92 Å². The third-order valence-electron chi connectivity index (χ3n) is 5.52. The minimum Gasteiger partial charge on any atom is -0.355 e. The Morgan fingerprint density at radius 2 is 1.94 bits per heavy atom. The van der Waals surface area contributed by atoms with Gasteiger partial charge in [-0.05, 0) is 44.0 Å². The van der Waals surface area contributed by atoms with Gasteiger partial charge in [-0.25, -0.2) is 14.6 Å². The number of aryl methyl sites for hydroxylation is 1. The Bertz CT molecular complexity index is 1200. The SMILES string of the molecule is Cc1nc(-c2cccc(NC(=O)C3CCN(c4ccc(-n5cncn5)nn4)CC3)c2)cs1. The largest absolute Gasteiger partial charge is 0.355 e. The van der Waals surface area contributed by atoms with Crippen molar-refractivity contribution < 1.29 is 4.79 Å². The minimum atomic E-state index is -0.0289. The van der Waals surface area contributed by atoms with Gasteiger partial charge in [0.1, 0.15) is 12.7 Å². The Morgan fingerprint density at radius 3 is 2.62 bits per heavy atom. The molecule has 0 aliphatic carbocycles. The number of thiazole rings is 1. The van der Waals surface area contributed by atoms with E-state index in [4.69, 9.17) is 0 Å². The van der Waals surface area contributed by atoms with Gasteiger partial charge in [0, 0.05) is 35.6 Å². The van der Waals surface area contributed by atoms with E-state index in [1.165, 1.54) is 6.33 Å². The molecule has 4 aromatic rings. The normalized spacial score (nSPS) is 14.5. The van der Waals surface area contributed by atoms with Crippen LogP contribution < -0.4 is 10.2 Å². The van der Waals surface area contributed by atoms with Crippen LogP contribution in [-0.4, -0.2) is 48.9 Å². The molecule has 1 N–H and O–H groups in total. The molecule has 0 bridgehead atoms. The molecule has 0 radical (unpaired) electrons. The second-order valence-electron chi connectivity index (χ2n) is 7.67. The van der Waals surface area contributed by atoms with Crippen LogP contribution in [0.5, 0.6) is 0 Å². The Hall–Kier alpha value is -3.66. The Morgan fingerprint density at radius 1 is 1.12 bits per heavy atom. The molecule has 10 heteroatoms. The number of nitrogens with zero attached hydrogens (tertiary/aromatic N) is 7. The maximum Gasteiger partial charge on any atom is 0.227 e. The first-order chi connectivity index (χ1) is 15.7. The molecule has 0 unspecified atom stereocenters. The fourth-order valence-corrected chi connectivity index (χ4v) is 4.42. The topological polar surface area (TPSA) is 102 Å². The van der Waals surface area contributed by atoms with Crippen molar-refractivity contribution in [3.8, 4) is 17.1 Å². The molecule has 1 aromatic carbocycles. The summed E-state index contributed by atoms with van der Waals surface area (Å²) in [5, 5.41) is 18.7. The van der Waals surface area contributed by atoms with Crippen molar-refractivity contribution in [3.63, 3.8) is 0 Å². The average molecular weight is 447 g/mol. The van der Waals surface area contributed by atoms with Crippen molar-refractivity contribution in [1.29, 1.82) is 0 Å². The number of anilines is 2. The smallest absolute Gasteiger partial charge is 0.227 e. The maximum absolute atomic E-state index is 12.9. The molecule has 162 valence electrons. The lowest BCUT2D eigenvalue weighted by atomic mass is 9.95. The number of piperidine rings is 1. The summed E-state index contributed by atoms with van der Waals surface area (Å²) >= 11 is 1.62. The Balaban J connectivity index is 1.18. The number of aromatic nitrogens is 6. The average Bonchev–Trinajstić information content (AvgIpc) is 3.52. The summed E-state index contributed by atoms with van der Waals surface area (Å²) in [6.07, 6.45) is 4.58. The fraction of sp³-hybridized carbons (Fsp3) is 0.273. The van der Waals surface area contributed by atoms with E-state index in [1.54, 1.807) is 22.3 Å². The number of rotatable bonds is 5. The number of nitrogens with one attached hydrogen (secondary N) is 1. The van der Waals surface area contributed by atoms with Crippen LogP contribution >= 0.6 is 11.3 Å². The molecule has 1 saturated heterocycles. The summed E-state index contributed by atoms with van der Waals surface area (Å²) in [6.45, 7) is 3.50. The predicted octanol–water partition coefficient (Wildman–Crippen LogP) is 3.34. The van der Waals surface area contributed by atoms with Gasteiger partial charge in [-0.3, -0.25) is 4.79 Å². The van der Waals surface area contributed by atoms with Gasteiger partial charge < -0.3 is 10.2 Å². The molecule has 9 nitrogen and oxygen atoms in total. The van der Waals surface area contributed by atoms with Gasteiger partial charge in [-0.1, -0.05) is 12.1 Å². The van der Waals surface area contributed by atoms with Crippen LogP contribution in [0.3, 0.4) is 0 Å². The number of carbonyl (C=O) groups is 1. The third-order valence-corrected chi connectivity index (χ3v) is 6.30. The van der Waals surface area contributed by atoms with Gasteiger partial charge in [-0.15, -0.1) is 21.5 Å². The molecule has 0 atom stereocenters. The molecule has 32 heavy (non-hydrogen) atoms. The quantitative estimate of drug-likeness (QED) is 0.502. The highest BCUT2D eigenvalue weighted by Crippen LogP contribution is 2.26. The van der Waals surface area contributed by atoms with Crippen molar-refractivity contribution >= 4 is 28.7 Å². The van der Waals surface area contributed by atoms with E-state index in [9.17, 15) is 4.79 Å². The monoisotopic (exact) mass is 446 g/mol. The van der Waals surface area contributed by atoms with E-state index in [0.717, 1.165) is 53.7 Å². The van der Waals surface area contributed by atoms with Crippen molar-refractivity contribution in [2.45, 2.75) is 19.8 Å². The van der Waals surface area contributed by atoms with Crippen molar-refractivity contribution in [1.82, 2.24) is 29.9 Å². The molecule has 5 rings (SSSR count). The van der Waals surface area contributed by atoms with E-state index < -0.39 is 0 Å². The zero-order chi connectivity index (χ0) is 21.9. The molecule has 1 aliphatic rings. The first-order valence-electron chi connectivity index (χ1n) is 10.4. The zero-order valence-electron chi connectivity index (χ0n) is 17.5. The van der Waals surface area contributed by atoms with Crippen LogP contribution in [0.25, 0.3) is 17.1 Å². The van der Waals surface area contributed by atoms with Gasteiger partial charge in [0.25, 0.3) is 0 Å². The highest BCUT2D eigenvalue weighted by molar-refractivity contribution is 7.09. The first-order valence-corrected chi connectivity index (χ1v) is 11.3. The standard InChI is InChI=1S/C22H22N8OS/c1-15-25-19(12-32-15)17-3-2-4-18(11-17)26-22(31)16-7-9-29(10-8-16)20-5-6-21(28-27-20)30-14-23-13-24-30/h2-6,11-14,16H,7-10H2,1H3,(H,26,31). The number of hydrogen-bond acceptors (Lipinski definition) is 8. The van der Waals surface area contributed by atoms with Crippen LogP contribution in [0.1, 0.15) is 17.8 Å². The van der Waals surface area contributed by atoms with Crippen LogP contribution in [0.2, 0.25) is 0 Å². The van der Waals surface area contributed by atoms with E-state index in [-0.39, 0.29) is 11.8 Å². The maximum atomic E-state index is 12.9. The number of carbonyl (C=O) groups excluding carboxylic acids is 1. The summed E-state index contributed by atoms with van der Waals surface area (Å²) in [5.74, 6) is 1.46. The summed E-state index contributed by atoms with van der Waals surface area (Å²) in [7, 11) is 0. The van der Waals surface area contributed by atoms with Gasteiger partial charge in [0.2, 0.25) is 5.91 Å². The fourth-order valence-electron chi connectivity index (χ4n) is 3.80. The summed E-state index contributed by atoms with van der Waals surface area (Å²) < 4.78 is 1.57. The van der Waals surface area contributed by atoms with Gasteiger partial charge >= 0.3 is 0 Å². The number of hydrogen-bond donors (Lipinski definition) is 1. The lowest BCUT2D eigenvalue weighted by Crippen LogP contribution is -2.38. The first kappa shape index (κ1) is 20.3. The minimum absolute atomic E-state index is 0.0289. The summed E-state index contributed by atoms with van der Waals surface area (Å²) in [4.78, 5) is 23.5. The molecular formula is C22H22N8OS. The molecular weight excluding hydrogens is 424 g/mol. The van der Waals surface area contributed by atoms with Gasteiger partial charge in [0.15, 0.2) is 11.6 Å². The highest BCUT2D eigenvalue weighted by Gasteiger charge is 2.26. The highest BCUT2D eigenvalue weighted by atomic mass is 32.1.